The second-order valence-electron chi connectivity index (χ2n) is 8.32. The first kappa shape index (κ1) is 30.0. The summed E-state index contributed by atoms with van der Waals surface area (Å²) < 4.78 is 0. The Morgan fingerprint density at radius 1 is 0.688 bits per heavy atom. The van der Waals surface area contributed by atoms with Crippen LogP contribution in [0.4, 0.5) is 0 Å². The Morgan fingerprint density at radius 3 is 1.66 bits per heavy atom. The molecule has 2 aromatic rings. The summed E-state index contributed by atoms with van der Waals surface area (Å²) >= 11 is 0. The summed E-state index contributed by atoms with van der Waals surface area (Å²) in [5, 5.41) is 19.4. The number of aryl methyl sites for hydroxylation is 2. The molecule has 0 aliphatic heterocycles. The number of rotatable bonds is 11. The Morgan fingerprint density at radius 2 is 1.19 bits per heavy atom. The Balaban J connectivity index is 0.000000738. The van der Waals surface area contributed by atoms with Crippen LogP contribution in [0.5, 0.6) is 11.5 Å². The van der Waals surface area contributed by atoms with Crippen molar-refractivity contribution in [3.05, 3.63) is 58.7 Å². The third-order valence-corrected chi connectivity index (χ3v) is 5.43. The maximum atomic E-state index is 9.85. The number of hydrogen-bond acceptors (Lipinski definition) is 3. The molecule has 0 saturated carbocycles. The standard InChI is InChI=1S/C18H23NO2.C9H20.C2H6/c1-4-19(11-15-6-5-7-17(20)10-15)12-16-8-13(2)18(21)14(3)9-16;1-3-5-7-9-8-6-4-2;1-2/h5-10,20-21H,4,11-12H2,1-3H3;3-9H2,1-2H3;1-2H3. The van der Waals surface area contributed by atoms with Crippen LogP contribution in [-0.4, -0.2) is 21.7 Å². The largest absolute Gasteiger partial charge is 0.508 e. The summed E-state index contributed by atoms with van der Waals surface area (Å²) in [6.07, 6.45) is 9.97. The van der Waals surface area contributed by atoms with Crippen molar-refractivity contribution in [1.82, 2.24) is 4.90 Å². The smallest absolute Gasteiger partial charge is 0.121 e. The van der Waals surface area contributed by atoms with Crippen molar-refractivity contribution in [3.8, 4) is 11.5 Å². The van der Waals surface area contributed by atoms with E-state index in [2.05, 4.69) is 25.7 Å². The van der Waals surface area contributed by atoms with E-state index < -0.39 is 0 Å². The van der Waals surface area contributed by atoms with E-state index in [1.807, 2.05) is 52.0 Å². The fraction of sp³-hybridized carbons (Fsp3) is 0.586. The molecule has 0 aliphatic rings. The highest BCUT2D eigenvalue weighted by Gasteiger charge is 2.09. The average molecular weight is 444 g/mol. The van der Waals surface area contributed by atoms with Gasteiger partial charge in [0, 0.05) is 13.1 Å². The monoisotopic (exact) mass is 443 g/mol. The fourth-order valence-electron chi connectivity index (χ4n) is 3.62. The Bertz CT molecular complexity index is 698. The Labute approximate surface area is 198 Å². The van der Waals surface area contributed by atoms with Crippen molar-refractivity contribution in [2.24, 2.45) is 0 Å². The van der Waals surface area contributed by atoms with E-state index in [0.29, 0.717) is 11.5 Å². The van der Waals surface area contributed by atoms with Gasteiger partial charge in [0.25, 0.3) is 0 Å². The minimum absolute atomic E-state index is 0.305. The van der Waals surface area contributed by atoms with Gasteiger partial charge in [-0.1, -0.05) is 104 Å². The SMILES string of the molecule is CC.CCCCCCCCC.CCN(Cc1cccc(O)c1)Cc1cc(C)c(O)c(C)c1. The number of nitrogens with zero attached hydrogens (tertiary/aromatic N) is 1. The zero-order valence-electron chi connectivity index (χ0n) is 21.9. The Hall–Kier alpha value is -2.00. The number of aromatic hydroxyl groups is 2. The molecule has 0 bridgehead atoms. The van der Waals surface area contributed by atoms with E-state index in [4.69, 9.17) is 0 Å². The van der Waals surface area contributed by atoms with Gasteiger partial charge in [-0.15, -0.1) is 0 Å². The molecular weight excluding hydrogens is 394 g/mol. The first-order chi connectivity index (χ1) is 15.4. The van der Waals surface area contributed by atoms with Gasteiger partial charge in [-0.05, 0) is 54.8 Å². The third kappa shape index (κ3) is 12.8. The summed E-state index contributed by atoms with van der Waals surface area (Å²) in [5.74, 6) is 0.689. The highest BCUT2D eigenvalue weighted by atomic mass is 16.3. The number of unbranched alkanes of at least 4 members (excludes halogenated alkanes) is 6. The average Bonchev–Trinajstić information content (AvgIpc) is 2.79. The molecule has 0 aromatic heterocycles. The van der Waals surface area contributed by atoms with Gasteiger partial charge >= 0.3 is 0 Å². The van der Waals surface area contributed by atoms with Gasteiger partial charge in [-0.3, -0.25) is 4.90 Å². The molecule has 0 fully saturated rings. The topological polar surface area (TPSA) is 43.7 Å². The molecule has 2 N–H and O–H groups in total. The van der Waals surface area contributed by atoms with E-state index >= 15 is 0 Å². The molecule has 0 radical (unpaired) electrons. The van der Waals surface area contributed by atoms with Gasteiger partial charge in [-0.2, -0.15) is 0 Å². The summed E-state index contributed by atoms with van der Waals surface area (Å²) in [6, 6.07) is 11.5. The van der Waals surface area contributed by atoms with E-state index in [1.54, 1.807) is 12.1 Å². The van der Waals surface area contributed by atoms with Crippen LogP contribution >= 0.6 is 0 Å². The number of benzene rings is 2. The molecule has 182 valence electrons. The van der Waals surface area contributed by atoms with Crippen LogP contribution in [0, 0.1) is 13.8 Å². The van der Waals surface area contributed by atoms with Gasteiger partial charge in [0.1, 0.15) is 11.5 Å². The molecule has 0 saturated heterocycles. The molecule has 0 amide bonds. The van der Waals surface area contributed by atoms with Crippen molar-refractivity contribution < 1.29 is 10.2 Å². The van der Waals surface area contributed by atoms with Gasteiger partial charge < -0.3 is 10.2 Å². The lowest BCUT2D eigenvalue weighted by atomic mass is 10.1. The molecule has 0 atom stereocenters. The van der Waals surface area contributed by atoms with Crippen LogP contribution in [0.15, 0.2) is 36.4 Å². The van der Waals surface area contributed by atoms with E-state index in [1.165, 1.54) is 50.5 Å². The minimum Gasteiger partial charge on any atom is -0.508 e. The molecule has 2 rings (SSSR count). The summed E-state index contributed by atoms with van der Waals surface area (Å²) in [5.41, 5.74) is 4.13. The zero-order valence-corrected chi connectivity index (χ0v) is 21.9. The second kappa shape index (κ2) is 18.6. The molecule has 0 aliphatic carbocycles. The highest BCUT2D eigenvalue weighted by molar-refractivity contribution is 5.42. The van der Waals surface area contributed by atoms with Crippen molar-refractivity contribution in [1.29, 1.82) is 0 Å². The fourth-order valence-corrected chi connectivity index (χ4v) is 3.62. The van der Waals surface area contributed by atoms with E-state index in [-0.39, 0.29) is 0 Å². The summed E-state index contributed by atoms with van der Waals surface area (Å²) in [7, 11) is 0. The van der Waals surface area contributed by atoms with Gasteiger partial charge in [0.15, 0.2) is 0 Å². The number of phenols is 2. The maximum Gasteiger partial charge on any atom is 0.121 e. The molecule has 0 spiro atoms. The van der Waals surface area contributed by atoms with Gasteiger partial charge in [-0.25, -0.2) is 0 Å². The van der Waals surface area contributed by atoms with Crippen LogP contribution in [0.25, 0.3) is 0 Å². The lowest BCUT2D eigenvalue weighted by Crippen LogP contribution is -2.22. The molecule has 2 aromatic carbocycles. The molecule has 0 unspecified atom stereocenters. The Kier molecular flexibility index (Phi) is 17.4. The maximum absolute atomic E-state index is 9.85. The molecule has 3 heteroatoms. The lowest BCUT2D eigenvalue weighted by molar-refractivity contribution is 0.271. The predicted octanol–water partition coefficient (Wildman–Crippen LogP) is 8.52. The van der Waals surface area contributed by atoms with Crippen molar-refractivity contribution in [2.45, 2.75) is 107 Å². The first-order valence-electron chi connectivity index (χ1n) is 12.7. The lowest BCUT2D eigenvalue weighted by Gasteiger charge is -2.21. The zero-order chi connectivity index (χ0) is 24.4. The van der Waals surface area contributed by atoms with Crippen LogP contribution in [0.2, 0.25) is 0 Å². The van der Waals surface area contributed by atoms with Crippen LogP contribution in [0.3, 0.4) is 0 Å². The van der Waals surface area contributed by atoms with Crippen molar-refractivity contribution >= 4 is 0 Å². The van der Waals surface area contributed by atoms with Crippen molar-refractivity contribution in [2.75, 3.05) is 6.54 Å². The molecule has 0 heterocycles. The second-order valence-corrected chi connectivity index (χ2v) is 8.32. The number of phenolic OH excluding ortho intramolecular Hbond substituents is 2. The molecular formula is C29H49NO2. The quantitative estimate of drug-likeness (QED) is 0.342. The minimum atomic E-state index is 0.305. The van der Waals surface area contributed by atoms with Crippen LogP contribution < -0.4 is 0 Å². The highest BCUT2D eigenvalue weighted by Crippen LogP contribution is 2.24. The third-order valence-electron chi connectivity index (χ3n) is 5.43. The van der Waals surface area contributed by atoms with E-state index in [9.17, 15) is 10.2 Å². The van der Waals surface area contributed by atoms with Crippen molar-refractivity contribution in [3.63, 3.8) is 0 Å². The van der Waals surface area contributed by atoms with Gasteiger partial charge in [0.2, 0.25) is 0 Å². The molecule has 3 nitrogen and oxygen atoms in total. The predicted molar refractivity (Wildman–Crippen MR) is 140 cm³/mol. The van der Waals surface area contributed by atoms with Crippen LogP contribution in [-0.2, 0) is 13.1 Å². The van der Waals surface area contributed by atoms with Gasteiger partial charge in [0.05, 0.1) is 0 Å². The van der Waals surface area contributed by atoms with Crippen LogP contribution in [0.1, 0.15) is 102 Å². The molecule has 32 heavy (non-hydrogen) atoms. The first-order valence-corrected chi connectivity index (χ1v) is 12.7. The number of hydrogen-bond donors (Lipinski definition) is 2. The summed E-state index contributed by atoms with van der Waals surface area (Å²) in [4.78, 5) is 2.31. The normalized spacial score (nSPS) is 10.2. The summed E-state index contributed by atoms with van der Waals surface area (Å²) in [6.45, 7) is 17.1. The van der Waals surface area contributed by atoms with E-state index in [0.717, 1.165) is 36.3 Å².